The Bertz CT molecular complexity index is 547. The summed E-state index contributed by atoms with van der Waals surface area (Å²) >= 11 is 0. The monoisotopic (exact) mass is 303 g/mol. The number of carbonyl (C=O) groups excluding carboxylic acids is 1. The molecule has 21 heavy (non-hydrogen) atoms. The summed E-state index contributed by atoms with van der Waals surface area (Å²) in [6, 6.07) is 5.37. The summed E-state index contributed by atoms with van der Waals surface area (Å²) < 4.78 is 43.3. The van der Waals surface area contributed by atoms with Crippen molar-refractivity contribution in [1.82, 2.24) is 4.90 Å². The molecule has 1 aromatic carbocycles. The van der Waals surface area contributed by atoms with Gasteiger partial charge < -0.3 is 14.7 Å². The number of likely N-dealkylation sites (tertiary alicyclic amines) is 1. The Hall–Kier alpha value is -1.76. The van der Waals surface area contributed by atoms with Gasteiger partial charge in [0.15, 0.2) is 0 Å². The largest absolute Gasteiger partial charge is 0.508 e. The quantitative estimate of drug-likeness (QED) is 0.913. The van der Waals surface area contributed by atoms with E-state index < -0.39 is 23.7 Å². The van der Waals surface area contributed by atoms with Crippen LogP contribution in [0.2, 0.25) is 0 Å². The van der Waals surface area contributed by atoms with Crippen LogP contribution in [-0.4, -0.2) is 41.8 Å². The molecule has 1 aliphatic rings. The maximum Gasteiger partial charge on any atom is 0.471 e. The lowest BCUT2D eigenvalue weighted by atomic mass is 9.87. The maximum atomic E-state index is 12.6. The number of amides is 1. The minimum atomic E-state index is -4.91. The molecule has 2 unspecified atom stereocenters. The van der Waals surface area contributed by atoms with E-state index in [1.807, 2.05) is 0 Å². The van der Waals surface area contributed by atoms with Crippen LogP contribution in [0.1, 0.15) is 18.9 Å². The van der Waals surface area contributed by atoms with Crippen molar-refractivity contribution in [3.05, 3.63) is 29.8 Å². The first-order valence-electron chi connectivity index (χ1n) is 6.45. The van der Waals surface area contributed by atoms with Gasteiger partial charge in [-0.15, -0.1) is 0 Å². The highest BCUT2D eigenvalue weighted by Crippen LogP contribution is 2.42. The number of methoxy groups -OCH3 is 1. The molecule has 0 radical (unpaired) electrons. The van der Waals surface area contributed by atoms with E-state index in [4.69, 9.17) is 4.74 Å². The standard InChI is InChI=1S/C14H16F3NO3/c1-9-13(21-2,10-4-3-5-11(19)8-10)6-7-18(9)12(20)14(15,16)17/h3-5,8-9,19H,6-7H2,1-2H3. The molecule has 7 heteroatoms. The summed E-state index contributed by atoms with van der Waals surface area (Å²) in [5.74, 6) is -1.87. The number of hydrogen-bond acceptors (Lipinski definition) is 3. The molecule has 0 saturated carbocycles. The van der Waals surface area contributed by atoms with Gasteiger partial charge in [0.25, 0.3) is 0 Å². The fourth-order valence-corrected chi connectivity index (χ4v) is 2.93. The average Bonchev–Trinajstić information content (AvgIpc) is 2.75. The van der Waals surface area contributed by atoms with Gasteiger partial charge in [-0.3, -0.25) is 4.79 Å². The van der Waals surface area contributed by atoms with Crippen molar-refractivity contribution in [3.63, 3.8) is 0 Å². The van der Waals surface area contributed by atoms with E-state index in [0.29, 0.717) is 5.56 Å². The van der Waals surface area contributed by atoms with E-state index in [0.717, 1.165) is 4.90 Å². The SMILES string of the molecule is COC1(c2cccc(O)c2)CCN(C(=O)C(F)(F)F)C1C. The normalized spacial score (nSPS) is 26.1. The third kappa shape index (κ3) is 2.57. The van der Waals surface area contributed by atoms with Crippen molar-refractivity contribution < 1.29 is 27.8 Å². The van der Waals surface area contributed by atoms with E-state index in [2.05, 4.69) is 0 Å². The number of nitrogens with zero attached hydrogens (tertiary/aromatic N) is 1. The van der Waals surface area contributed by atoms with Gasteiger partial charge in [-0.25, -0.2) is 0 Å². The van der Waals surface area contributed by atoms with Crippen LogP contribution in [0.4, 0.5) is 13.2 Å². The van der Waals surface area contributed by atoms with Crippen molar-refractivity contribution in [2.75, 3.05) is 13.7 Å². The molecular formula is C14H16F3NO3. The molecule has 1 aromatic rings. The lowest BCUT2D eigenvalue weighted by Crippen LogP contribution is -2.48. The molecular weight excluding hydrogens is 287 g/mol. The zero-order valence-corrected chi connectivity index (χ0v) is 11.6. The van der Waals surface area contributed by atoms with Crippen molar-refractivity contribution in [2.45, 2.75) is 31.2 Å². The first kappa shape index (κ1) is 15.6. The third-order valence-corrected chi connectivity index (χ3v) is 4.07. The fraction of sp³-hybridized carbons (Fsp3) is 0.500. The molecule has 0 aromatic heterocycles. The molecule has 0 spiro atoms. The fourth-order valence-electron chi connectivity index (χ4n) is 2.93. The Morgan fingerprint density at radius 3 is 2.67 bits per heavy atom. The van der Waals surface area contributed by atoms with Crippen molar-refractivity contribution in [2.24, 2.45) is 0 Å². The average molecular weight is 303 g/mol. The van der Waals surface area contributed by atoms with Crippen LogP contribution < -0.4 is 0 Å². The van der Waals surface area contributed by atoms with Crippen LogP contribution >= 0.6 is 0 Å². The number of benzene rings is 1. The molecule has 116 valence electrons. The summed E-state index contributed by atoms with van der Waals surface area (Å²) in [5, 5.41) is 9.56. The van der Waals surface area contributed by atoms with Crippen LogP contribution in [0.5, 0.6) is 5.75 Å². The number of rotatable bonds is 2. The lowest BCUT2D eigenvalue weighted by Gasteiger charge is -2.35. The predicted octanol–water partition coefficient (Wildman–Crippen LogP) is 2.42. The Morgan fingerprint density at radius 2 is 2.14 bits per heavy atom. The van der Waals surface area contributed by atoms with Crippen molar-refractivity contribution in [1.29, 1.82) is 0 Å². The highest BCUT2D eigenvalue weighted by Gasteiger charge is 2.53. The minimum absolute atomic E-state index is 0.00303. The molecule has 1 fully saturated rings. The number of phenols is 1. The number of ether oxygens (including phenoxy) is 1. The highest BCUT2D eigenvalue weighted by atomic mass is 19.4. The minimum Gasteiger partial charge on any atom is -0.508 e. The van der Waals surface area contributed by atoms with E-state index in [9.17, 15) is 23.1 Å². The lowest BCUT2D eigenvalue weighted by molar-refractivity contribution is -0.188. The highest BCUT2D eigenvalue weighted by molar-refractivity contribution is 5.82. The van der Waals surface area contributed by atoms with Gasteiger partial charge in [0, 0.05) is 20.1 Å². The molecule has 1 aliphatic heterocycles. The van der Waals surface area contributed by atoms with Crippen LogP contribution in [0.3, 0.4) is 0 Å². The van der Waals surface area contributed by atoms with Crippen molar-refractivity contribution in [3.8, 4) is 5.75 Å². The third-order valence-electron chi connectivity index (χ3n) is 4.07. The van der Waals surface area contributed by atoms with Gasteiger partial charge in [-0.1, -0.05) is 12.1 Å². The number of halogens is 3. The summed E-state index contributed by atoms with van der Waals surface area (Å²) in [6.07, 6.45) is -4.67. The smallest absolute Gasteiger partial charge is 0.471 e. The molecule has 0 aliphatic carbocycles. The zero-order chi connectivity index (χ0) is 15.8. The second kappa shape index (κ2) is 5.22. The van der Waals surface area contributed by atoms with Gasteiger partial charge in [-0.05, 0) is 24.6 Å². The van der Waals surface area contributed by atoms with Crippen LogP contribution in [-0.2, 0) is 15.1 Å². The maximum absolute atomic E-state index is 12.6. The molecule has 1 saturated heterocycles. The van der Waals surface area contributed by atoms with Gasteiger partial charge >= 0.3 is 12.1 Å². The van der Waals surface area contributed by atoms with E-state index in [-0.39, 0.29) is 18.7 Å². The van der Waals surface area contributed by atoms with E-state index >= 15 is 0 Å². The van der Waals surface area contributed by atoms with Gasteiger partial charge in [0.05, 0.1) is 6.04 Å². The zero-order valence-electron chi connectivity index (χ0n) is 11.6. The Morgan fingerprint density at radius 1 is 1.48 bits per heavy atom. The first-order chi connectivity index (χ1) is 9.72. The Kier molecular flexibility index (Phi) is 3.88. The molecule has 1 heterocycles. The Balaban J connectivity index is 2.37. The van der Waals surface area contributed by atoms with Gasteiger partial charge in [0.1, 0.15) is 11.4 Å². The molecule has 4 nitrogen and oxygen atoms in total. The van der Waals surface area contributed by atoms with Crippen LogP contribution in [0.15, 0.2) is 24.3 Å². The summed E-state index contributed by atoms with van der Waals surface area (Å²) in [5.41, 5.74) is -0.505. The van der Waals surface area contributed by atoms with E-state index in [1.54, 1.807) is 12.1 Å². The number of phenolic OH excluding ortho intramolecular Hbond substituents is 1. The molecule has 2 rings (SSSR count). The van der Waals surface area contributed by atoms with Crippen molar-refractivity contribution >= 4 is 5.91 Å². The first-order valence-corrected chi connectivity index (χ1v) is 6.45. The topological polar surface area (TPSA) is 49.8 Å². The van der Waals surface area contributed by atoms with Gasteiger partial charge in [0.2, 0.25) is 0 Å². The molecule has 0 bridgehead atoms. The number of carbonyl (C=O) groups is 1. The molecule has 1 N–H and O–H groups in total. The van der Waals surface area contributed by atoms with Gasteiger partial charge in [-0.2, -0.15) is 13.2 Å². The number of alkyl halides is 3. The number of aromatic hydroxyl groups is 1. The number of hydrogen-bond donors (Lipinski definition) is 1. The van der Waals surface area contributed by atoms with E-state index in [1.165, 1.54) is 26.2 Å². The Labute approximate surface area is 120 Å². The summed E-state index contributed by atoms with van der Waals surface area (Å²) in [7, 11) is 1.39. The predicted molar refractivity (Wildman–Crippen MR) is 68.6 cm³/mol. The summed E-state index contributed by atoms with van der Waals surface area (Å²) in [6.45, 7) is 1.47. The second-order valence-electron chi connectivity index (χ2n) is 5.07. The molecule has 1 amide bonds. The second-order valence-corrected chi connectivity index (χ2v) is 5.07. The van der Waals surface area contributed by atoms with Crippen LogP contribution in [0, 0.1) is 0 Å². The molecule has 2 atom stereocenters. The van der Waals surface area contributed by atoms with Crippen LogP contribution in [0.25, 0.3) is 0 Å². The summed E-state index contributed by atoms with van der Waals surface area (Å²) in [4.78, 5) is 12.2.